The van der Waals surface area contributed by atoms with Gasteiger partial charge >= 0.3 is 5.69 Å². The van der Waals surface area contributed by atoms with Crippen molar-refractivity contribution in [3.8, 4) is 0 Å². The van der Waals surface area contributed by atoms with Crippen molar-refractivity contribution in [3.63, 3.8) is 0 Å². The predicted molar refractivity (Wildman–Crippen MR) is 81.6 cm³/mol. The number of nitrogens with zero attached hydrogens (tertiary/aromatic N) is 4. The largest absolute Gasteiger partial charge is 0.371 e. The number of rotatable bonds is 4. The molecule has 0 bridgehead atoms. The lowest BCUT2D eigenvalue weighted by Crippen LogP contribution is -2.45. The Morgan fingerprint density at radius 3 is 2.91 bits per heavy atom. The van der Waals surface area contributed by atoms with Gasteiger partial charge in [-0.05, 0) is 30.5 Å². The third kappa shape index (κ3) is 3.48. The fraction of sp³-hybridized carbons (Fsp3) is 0.467. The molecule has 0 spiro atoms. The number of aromatic nitrogens is 4. The van der Waals surface area contributed by atoms with E-state index in [-0.39, 0.29) is 30.3 Å². The maximum absolute atomic E-state index is 12.2. The second kappa shape index (κ2) is 6.74. The Morgan fingerprint density at radius 2 is 2.22 bits per heavy atom. The van der Waals surface area contributed by atoms with Gasteiger partial charge in [-0.3, -0.25) is 14.3 Å². The van der Waals surface area contributed by atoms with Crippen LogP contribution in [0.15, 0.2) is 35.6 Å². The van der Waals surface area contributed by atoms with Crippen LogP contribution in [0, 0.1) is 0 Å². The van der Waals surface area contributed by atoms with E-state index in [1.54, 1.807) is 19.4 Å². The summed E-state index contributed by atoms with van der Waals surface area (Å²) in [6.45, 7) is 0.568. The summed E-state index contributed by atoms with van der Waals surface area (Å²) in [5.74, 6) is -0.250. The number of hydrogen-bond acceptors (Lipinski definition) is 5. The Bertz CT molecular complexity index is 724. The van der Waals surface area contributed by atoms with Crippen molar-refractivity contribution in [3.05, 3.63) is 46.9 Å². The van der Waals surface area contributed by atoms with Gasteiger partial charge in [0.15, 0.2) is 0 Å². The van der Waals surface area contributed by atoms with E-state index in [4.69, 9.17) is 4.74 Å². The Kier molecular flexibility index (Phi) is 4.52. The van der Waals surface area contributed by atoms with Crippen molar-refractivity contribution in [2.45, 2.75) is 31.5 Å². The lowest BCUT2D eigenvalue weighted by molar-refractivity contribution is -0.125. The highest BCUT2D eigenvalue weighted by atomic mass is 16.5. The normalized spacial score (nSPS) is 21.1. The smallest absolute Gasteiger partial charge is 0.345 e. The highest BCUT2D eigenvalue weighted by Gasteiger charge is 2.28. The molecule has 23 heavy (non-hydrogen) atoms. The molecule has 1 aliphatic heterocycles. The number of nitrogens with one attached hydrogen (secondary N) is 1. The zero-order valence-electron chi connectivity index (χ0n) is 12.9. The Balaban J connectivity index is 1.68. The molecular formula is C15H19N5O3. The molecule has 2 atom stereocenters. The zero-order valence-corrected chi connectivity index (χ0v) is 12.9. The van der Waals surface area contributed by atoms with Gasteiger partial charge in [0.05, 0.1) is 6.04 Å². The molecule has 2 aromatic rings. The van der Waals surface area contributed by atoms with E-state index in [9.17, 15) is 9.59 Å². The summed E-state index contributed by atoms with van der Waals surface area (Å²) in [6.07, 6.45) is 6.32. The third-order valence-corrected chi connectivity index (χ3v) is 3.88. The summed E-state index contributed by atoms with van der Waals surface area (Å²) in [7, 11) is 1.60. The molecule has 0 aromatic carbocycles. The first-order chi connectivity index (χ1) is 11.1. The maximum Gasteiger partial charge on any atom is 0.345 e. The number of amides is 1. The Hall–Kier alpha value is -2.48. The van der Waals surface area contributed by atoms with Crippen molar-refractivity contribution >= 4 is 5.91 Å². The fourth-order valence-electron chi connectivity index (χ4n) is 2.73. The molecule has 0 unspecified atom stereocenters. The first kappa shape index (κ1) is 15.4. The van der Waals surface area contributed by atoms with Crippen LogP contribution in [0.2, 0.25) is 0 Å². The number of pyridine rings is 1. The topological polar surface area (TPSA) is 91.0 Å². The molecule has 3 heterocycles. The van der Waals surface area contributed by atoms with Gasteiger partial charge in [-0.15, -0.1) is 0 Å². The summed E-state index contributed by atoms with van der Waals surface area (Å²) in [5.41, 5.74) is 0.672. The number of hydrogen-bond donors (Lipinski definition) is 1. The molecule has 1 amide bonds. The van der Waals surface area contributed by atoms with E-state index in [1.807, 2.05) is 12.1 Å². The van der Waals surface area contributed by atoms with E-state index in [0.717, 1.165) is 23.1 Å². The lowest BCUT2D eigenvalue weighted by atomic mass is 9.96. The van der Waals surface area contributed by atoms with Crippen molar-refractivity contribution in [1.29, 1.82) is 0 Å². The molecule has 8 nitrogen and oxygen atoms in total. The Morgan fingerprint density at radius 1 is 1.43 bits per heavy atom. The molecule has 0 saturated carbocycles. The van der Waals surface area contributed by atoms with E-state index < -0.39 is 0 Å². The second-order valence-electron chi connectivity index (χ2n) is 5.57. The average Bonchev–Trinajstić information content (AvgIpc) is 2.88. The van der Waals surface area contributed by atoms with Gasteiger partial charge in [-0.1, -0.05) is 0 Å². The molecule has 1 saturated heterocycles. The minimum atomic E-state index is -0.314. The molecule has 0 aliphatic carbocycles. The van der Waals surface area contributed by atoms with E-state index in [2.05, 4.69) is 15.4 Å². The van der Waals surface area contributed by atoms with Gasteiger partial charge in [0.25, 0.3) is 0 Å². The van der Waals surface area contributed by atoms with Crippen LogP contribution in [0.1, 0.15) is 24.5 Å². The SMILES string of the molecule is Cn1cnn(CC(=O)N[C@H]2CCCO[C@@H]2c2ccncc2)c1=O. The molecule has 2 aromatic heterocycles. The number of carbonyl (C=O) groups excluding carboxylic acids is 1. The molecule has 122 valence electrons. The van der Waals surface area contributed by atoms with Crippen LogP contribution in [0.4, 0.5) is 0 Å². The van der Waals surface area contributed by atoms with Crippen molar-refractivity contribution in [1.82, 2.24) is 24.6 Å². The highest BCUT2D eigenvalue weighted by Crippen LogP contribution is 2.27. The van der Waals surface area contributed by atoms with Crippen LogP contribution in [-0.4, -0.2) is 37.9 Å². The predicted octanol–water partition coefficient (Wildman–Crippen LogP) is 0.0133. The van der Waals surface area contributed by atoms with E-state index >= 15 is 0 Å². The minimum Gasteiger partial charge on any atom is -0.371 e. The van der Waals surface area contributed by atoms with Crippen molar-refractivity contribution in [2.24, 2.45) is 7.05 Å². The van der Waals surface area contributed by atoms with Crippen LogP contribution < -0.4 is 11.0 Å². The van der Waals surface area contributed by atoms with Gasteiger partial charge in [-0.2, -0.15) is 5.10 Å². The standard InChI is InChI=1S/C15H19N5O3/c1-19-10-17-20(15(19)22)9-13(21)18-12-3-2-8-23-14(12)11-4-6-16-7-5-11/h4-7,10,12,14H,2-3,8-9H2,1H3,(H,18,21)/t12-,14+/m0/s1. The quantitative estimate of drug-likeness (QED) is 0.858. The summed E-state index contributed by atoms with van der Waals surface area (Å²) in [6, 6.07) is 3.65. The molecule has 1 aliphatic rings. The average molecular weight is 317 g/mol. The van der Waals surface area contributed by atoms with Gasteiger partial charge in [0, 0.05) is 26.0 Å². The van der Waals surface area contributed by atoms with E-state index in [1.165, 1.54) is 10.9 Å². The molecule has 0 radical (unpaired) electrons. The van der Waals surface area contributed by atoms with E-state index in [0.29, 0.717) is 6.61 Å². The van der Waals surface area contributed by atoms with Crippen molar-refractivity contribution < 1.29 is 9.53 Å². The number of ether oxygens (including phenoxy) is 1. The first-order valence-corrected chi connectivity index (χ1v) is 7.54. The minimum absolute atomic E-state index is 0.0980. The van der Waals surface area contributed by atoms with Gasteiger partial charge < -0.3 is 10.1 Å². The van der Waals surface area contributed by atoms with Crippen LogP contribution in [0.25, 0.3) is 0 Å². The molecule has 8 heteroatoms. The molecular weight excluding hydrogens is 298 g/mol. The Labute approximate surface area is 133 Å². The van der Waals surface area contributed by atoms with Gasteiger partial charge in [-0.25, -0.2) is 9.48 Å². The highest BCUT2D eigenvalue weighted by molar-refractivity contribution is 5.76. The van der Waals surface area contributed by atoms with Gasteiger partial charge in [0.2, 0.25) is 5.91 Å². The zero-order chi connectivity index (χ0) is 16.2. The van der Waals surface area contributed by atoms with Crippen LogP contribution >= 0.6 is 0 Å². The second-order valence-corrected chi connectivity index (χ2v) is 5.57. The summed E-state index contributed by atoms with van der Waals surface area (Å²) < 4.78 is 8.29. The molecule has 1 fully saturated rings. The monoisotopic (exact) mass is 317 g/mol. The van der Waals surface area contributed by atoms with Crippen LogP contribution in [0.5, 0.6) is 0 Å². The van der Waals surface area contributed by atoms with Crippen LogP contribution in [-0.2, 0) is 23.1 Å². The summed E-state index contributed by atoms with van der Waals surface area (Å²) in [5, 5.41) is 6.85. The number of carbonyl (C=O) groups is 1. The maximum atomic E-state index is 12.2. The lowest BCUT2D eigenvalue weighted by Gasteiger charge is -2.32. The summed E-state index contributed by atoms with van der Waals surface area (Å²) >= 11 is 0. The number of aryl methyl sites for hydroxylation is 1. The fourth-order valence-corrected chi connectivity index (χ4v) is 2.73. The van der Waals surface area contributed by atoms with Crippen LogP contribution in [0.3, 0.4) is 0 Å². The van der Waals surface area contributed by atoms with Gasteiger partial charge in [0.1, 0.15) is 19.0 Å². The third-order valence-electron chi connectivity index (χ3n) is 3.88. The summed E-state index contributed by atoms with van der Waals surface area (Å²) in [4.78, 5) is 28.0. The van der Waals surface area contributed by atoms with Crippen molar-refractivity contribution in [2.75, 3.05) is 6.61 Å². The first-order valence-electron chi connectivity index (χ1n) is 7.54. The molecule has 1 N–H and O–H groups in total. The molecule has 3 rings (SSSR count).